The van der Waals surface area contributed by atoms with Crippen molar-refractivity contribution in [3.63, 3.8) is 0 Å². The Morgan fingerprint density at radius 3 is 2.37 bits per heavy atom. The number of rotatable bonds is 6. The lowest BCUT2D eigenvalue weighted by molar-refractivity contribution is 0.0951. The fourth-order valence-corrected chi connectivity index (χ4v) is 3.54. The monoisotopic (exact) mass is 381 g/mol. The first-order valence-electron chi connectivity index (χ1n) is 8.31. The predicted molar refractivity (Wildman–Crippen MR) is 104 cm³/mol. The molecule has 0 saturated carbocycles. The van der Waals surface area contributed by atoms with Gasteiger partial charge in [-0.3, -0.25) is 14.5 Å². The van der Waals surface area contributed by atoms with Crippen molar-refractivity contribution in [2.24, 2.45) is 0 Å². The van der Waals surface area contributed by atoms with Crippen molar-refractivity contribution in [1.29, 1.82) is 0 Å². The minimum absolute atomic E-state index is 0.0923. The zero-order valence-corrected chi connectivity index (χ0v) is 15.5. The van der Waals surface area contributed by atoms with Crippen molar-refractivity contribution >= 4 is 21.6 Å². The van der Waals surface area contributed by atoms with Gasteiger partial charge < -0.3 is 5.32 Å². The lowest BCUT2D eigenvalue weighted by atomic mass is 10.2. The van der Waals surface area contributed by atoms with Crippen molar-refractivity contribution in [2.75, 3.05) is 4.72 Å². The summed E-state index contributed by atoms with van der Waals surface area (Å²) in [6.07, 6.45) is 3.31. The average Bonchev–Trinajstić information content (AvgIpc) is 2.67. The van der Waals surface area contributed by atoms with Crippen LogP contribution >= 0.6 is 0 Å². The van der Waals surface area contributed by atoms with E-state index in [1.165, 1.54) is 24.3 Å². The molecule has 6 nitrogen and oxygen atoms in total. The van der Waals surface area contributed by atoms with Crippen molar-refractivity contribution in [3.05, 3.63) is 89.7 Å². The third kappa shape index (κ3) is 4.92. The lowest BCUT2D eigenvalue weighted by Crippen LogP contribution is -2.23. The maximum absolute atomic E-state index is 12.5. The molecule has 1 aromatic heterocycles. The Balaban J connectivity index is 1.67. The second-order valence-corrected chi connectivity index (χ2v) is 7.72. The van der Waals surface area contributed by atoms with Crippen molar-refractivity contribution in [3.8, 4) is 0 Å². The summed E-state index contributed by atoms with van der Waals surface area (Å²) in [5.74, 6) is -0.276. The molecule has 0 fully saturated rings. The van der Waals surface area contributed by atoms with Crippen LogP contribution in [0.4, 0.5) is 5.69 Å². The average molecular weight is 381 g/mol. The number of carbonyl (C=O) groups excluding carboxylic acids is 1. The number of benzene rings is 2. The van der Waals surface area contributed by atoms with E-state index in [2.05, 4.69) is 15.0 Å². The Kier molecular flexibility index (Phi) is 5.52. The van der Waals surface area contributed by atoms with Gasteiger partial charge in [0.25, 0.3) is 15.9 Å². The molecular formula is C20H19N3O3S. The summed E-state index contributed by atoms with van der Waals surface area (Å²) in [4.78, 5) is 16.2. The molecule has 1 amide bonds. The largest absolute Gasteiger partial charge is 0.348 e. The maximum Gasteiger partial charge on any atom is 0.261 e. The Bertz CT molecular complexity index is 1030. The topological polar surface area (TPSA) is 88.2 Å². The van der Waals surface area contributed by atoms with Crippen molar-refractivity contribution in [2.45, 2.75) is 18.4 Å². The number of amides is 1. The van der Waals surface area contributed by atoms with E-state index in [1.54, 1.807) is 30.6 Å². The fraction of sp³-hybridized carbons (Fsp3) is 0.100. The summed E-state index contributed by atoms with van der Waals surface area (Å²) in [6, 6.07) is 16.5. The van der Waals surface area contributed by atoms with E-state index in [4.69, 9.17) is 0 Å². The van der Waals surface area contributed by atoms with Gasteiger partial charge >= 0.3 is 0 Å². The number of nitrogens with zero attached hydrogens (tertiary/aromatic N) is 1. The first-order chi connectivity index (χ1) is 12.9. The fourth-order valence-electron chi connectivity index (χ4n) is 2.49. The third-order valence-electron chi connectivity index (χ3n) is 3.90. The molecule has 0 radical (unpaired) electrons. The van der Waals surface area contributed by atoms with E-state index >= 15 is 0 Å². The molecule has 0 aliphatic heterocycles. The van der Waals surface area contributed by atoms with Crippen molar-refractivity contribution < 1.29 is 13.2 Å². The van der Waals surface area contributed by atoms with Gasteiger partial charge in [-0.2, -0.15) is 0 Å². The number of hydrogen-bond donors (Lipinski definition) is 2. The number of aryl methyl sites for hydroxylation is 1. The third-order valence-corrected chi connectivity index (χ3v) is 5.30. The molecule has 27 heavy (non-hydrogen) atoms. The van der Waals surface area contributed by atoms with E-state index < -0.39 is 10.0 Å². The number of sulfonamides is 1. The van der Waals surface area contributed by atoms with Crippen LogP contribution in [0.1, 0.15) is 21.5 Å². The zero-order chi connectivity index (χ0) is 19.3. The quantitative estimate of drug-likeness (QED) is 0.687. The number of pyridine rings is 1. The normalized spacial score (nSPS) is 11.0. The summed E-state index contributed by atoms with van der Waals surface area (Å²) < 4.78 is 27.5. The molecule has 138 valence electrons. The van der Waals surface area contributed by atoms with Crippen LogP contribution in [0, 0.1) is 6.92 Å². The van der Waals surface area contributed by atoms with Gasteiger partial charge in [-0.25, -0.2) is 8.42 Å². The molecule has 7 heteroatoms. The molecule has 2 aromatic carbocycles. The second kappa shape index (κ2) is 8.01. The molecule has 3 aromatic rings. The van der Waals surface area contributed by atoms with E-state index in [-0.39, 0.29) is 10.8 Å². The highest BCUT2D eigenvalue weighted by molar-refractivity contribution is 7.92. The molecule has 1 heterocycles. The Morgan fingerprint density at radius 2 is 1.70 bits per heavy atom. The van der Waals surface area contributed by atoms with Crippen LogP contribution in [0.5, 0.6) is 0 Å². The Morgan fingerprint density at radius 1 is 1.00 bits per heavy atom. The molecule has 2 N–H and O–H groups in total. The van der Waals surface area contributed by atoms with Gasteiger partial charge in [0.1, 0.15) is 0 Å². The van der Waals surface area contributed by atoms with Crippen LogP contribution in [0.25, 0.3) is 0 Å². The Hall–Kier alpha value is -3.19. The van der Waals surface area contributed by atoms with Gasteiger partial charge in [-0.05, 0) is 66.6 Å². The molecule has 3 rings (SSSR count). The highest BCUT2D eigenvalue weighted by Gasteiger charge is 2.15. The van der Waals surface area contributed by atoms with E-state index in [1.807, 2.05) is 25.1 Å². The summed E-state index contributed by atoms with van der Waals surface area (Å²) in [6.45, 7) is 2.26. The first kappa shape index (κ1) is 18.6. The molecule has 0 bridgehead atoms. The van der Waals surface area contributed by atoms with Gasteiger partial charge in [0.2, 0.25) is 0 Å². The van der Waals surface area contributed by atoms with Crippen LogP contribution < -0.4 is 10.0 Å². The highest BCUT2D eigenvalue weighted by atomic mass is 32.2. The molecule has 0 unspecified atom stereocenters. The lowest BCUT2D eigenvalue weighted by Gasteiger charge is -2.10. The summed E-state index contributed by atoms with van der Waals surface area (Å²) >= 11 is 0. The van der Waals surface area contributed by atoms with E-state index in [0.717, 1.165) is 11.1 Å². The smallest absolute Gasteiger partial charge is 0.261 e. The molecule has 0 saturated heterocycles. The summed E-state index contributed by atoms with van der Waals surface area (Å²) in [5, 5.41) is 2.79. The van der Waals surface area contributed by atoms with Crippen LogP contribution in [0.2, 0.25) is 0 Å². The number of nitrogens with one attached hydrogen (secondary N) is 2. The summed E-state index contributed by atoms with van der Waals surface area (Å²) in [5.41, 5.74) is 2.77. The minimum Gasteiger partial charge on any atom is -0.348 e. The standard InChI is InChI=1S/C20H19N3O3S/c1-15-3-2-4-18(13-15)23-27(25,26)19-7-5-17(6-8-19)20(24)22-14-16-9-11-21-12-10-16/h2-13,23H,14H2,1H3,(H,22,24). The molecule has 0 spiro atoms. The van der Waals surface area contributed by atoms with Crippen LogP contribution in [0.15, 0.2) is 78.0 Å². The second-order valence-electron chi connectivity index (χ2n) is 6.04. The molecular weight excluding hydrogens is 362 g/mol. The molecule has 0 aliphatic rings. The zero-order valence-electron chi connectivity index (χ0n) is 14.7. The SMILES string of the molecule is Cc1cccc(NS(=O)(=O)c2ccc(C(=O)NCc3ccncc3)cc2)c1. The van der Waals surface area contributed by atoms with Crippen LogP contribution in [-0.2, 0) is 16.6 Å². The number of anilines is 1. The Labute approximate surface area is 158 Å². The first-order valence-corrected chi connectivity index (χ1v) is 9.79. The van der Waals surface area contributed by atoms with E-state index in [0.29, 0.717) is 17.8 Å². The predicted octanol–water partition coefficient (Wildman–Crippen LogP) is 3.12. The number of hydrogen-bond acceptors (Lipinski definition) is 4. The highest BCUT2D eigenvalue weighted by Crippen LogP contribution is 2.17. The molecule has 0 atom stereocenters. The number of carbonyl (C=O) groups is 1. The maximum atomic E-state index is 12.5. The van der Waals surface area contributed by atoms with Crippen LogP contribution in [0.3, 0.4) is 0 Å². The van der Waals surface area contributed by atoms with Gasteiger partial charge in [0, 0.05) is 30.2 Å². The van der Waals surface area contributed by atoms with E-state index in [9.17, 15) is 13.2 Å². The number of aromatic nitrogens is 1. The van der Waals surface area contributed by atoms with Gasteiger partial charge in [0.05, 0.1) is 4.90 Å². The van der Waals surface area contributed by atoms with Crippen molar-refractivity contribution in [1.82, 2.24) is 10.3 Å². The van der Waals surface area contributed by atoms with Crippen LogP contribution in [-0.4, -0.2) is 19.3 Å². The van der Waals surface area contributed by atoms with Gasteiger partial charge in [-0.15, -0.1) is 0 Å². The summed E-state index contributed by atoms with van der Waals surface area (Å²) in [7, 11) is -3.72. The van der Waals surface area contributed by atoms with Gasteiger partial charge in [0.15, 0.2) is 0 Å². The van der Waals surface area contributed by atoms with Gasteiger partial charge in [-0.1, -0.05) is 12.1 Å². The minimum atomic E-state index is -3.72. The molecule has 0 aliphatic carbocycles.